The molecule has 134 valence electrons. The number of halogens is 1. The maximum Gasteiger partial charge on any atom is 0.269 e. The maximum atomic E-state index is 12.4. The Morgan fingerprint density at radius 2 is 2.27 bits per heavy atom. The third kappa shape index (κ3) is 3.48. The van der Waals surface area contributed by atoms with E-state index in [1.54, 1.807) is 18.3 Å². The van der Waals surface area contributed by atoms with Crippen LogP contribution in [0.5, 0.6) is 0 Å². The molecule has 1 aromatic carbocycles. The average molecular weight is 372 g/mol. The lowest BCUT2D eigenvalue weighted by molar-refractivity contribution is 0.0943. The Kier molecular flexibility index (Phi) is 4.71. The molecule has 0 atom stereocenters. The van der Waals surface area contributed by atoms with Crippen molar-refractivity contribution in [3.05, 3.63) is 52.9 Å². The summed E-state index contributed by atoms with van der Waals surface area (Å²) in [7, 11) is 0. The summed E-state index contributed by atoms with van der Waals surface area (Å²) in [4.78, 5) is 21.1. The molecule has 3 heterocycles. The van der Waals surface area contributed by atoms with Gasteiger partial charge in [-0.15, -0.1) is 0 Å². The van der Waals surface area contributed by atoms with Crippen molar-refractivity contribution in [3.63, 3.8) is 0 Å². The van der Waals surface area contributed by atoms with Crippen LogP contribution in [-0.2, 0) is 19.4 Å². The fourth-order valence-electron chi connectivity index (χ4n) is 3.07. The summed E-state index contributed by atoms with van der Waals surface area (Å²) < 4.78 is 7.25. The molecule has 0 spiro atoms. The number of nitrogens with zero attached hydrogens (tertiary/aromatic N) is 4. The number of hydrogen-bond acceptors (Lipinski definition) is 5. The molecule has 0 unspecified atom stereocenters. The highest BCUT2D eigenvalue weighted by Crippen LogP contribution is 2.20. The standard InChI is InChI=1S/C18H18ClN5O2/c19-13-5-3-4-12(10-13)17-22-16(26-23-17)7-8-20-18(25)14-11-21-15-6-1-2-9-24(14)15/h3-5,10-11H,1-2,6-9H2,(H,20,25). The number of carbonyl (C=O) groups is 1. The van der Waals surface area contributed by atoms with Gasteiger partial charge in [0, 0.05) is 36.5 Å². The molecule has 0 radical (unpaired) electrons. The van der Waals surface area contributed by atoms with Gasteiger partial charge in [-0.3, -0.25) is 4.79 Å². The van der Waals surface area contributed by atoms with Crippen LogP contribution >= 0.6 is 11.6 Å². The molecule has 1 aliphatic heterocycles. The zero-order chi connectivity index (χ0) is 17.9. The fourth-order valence-corrected chi connectivity index (χ4v) is 3.26. The van der Waals surface area contributed by atoms with E-state index in [0.717, 1.165) is 37.2 Å². The number of benzene rings is 1. The highest BCUT2D eigenvalue weighted by atomic mass is 35.5. The summed E-state index contributed by atoms with van der Waals surface area (Å²) in [5.74, 6) is 1.82. The Labute approximate surface area is 155 Å². The van der Waals surface area contributed by atoms with Crippen LogP contribution in [0.4, 0.5) is 0 Å². The van der Waals surface area contributed by atoms with Crippen molar-refractivity contribution in [2.24, 2.45) is 0 Å². The lowest BCUT2D eigenvalue weighted by atomic mass is 10.1. The first-order valence-electron chi connectivity index (χ1n) is 8.62. The van der Waals surface area contributed by atoms with E-state index in [0.29, 0.717) is 35.4 Å². The zero-order valence-corrected chi connectivity index (χ0v) is 14.9. The Morgan fingerprint density at radius 1 is 1.35 bits per heavy atom. The van der Waals surface area contributed by atoms with E-state index in [1.165, 1.54) is 0 Å². The first-order chi connectivity index (χ1) is 12.7. The minimum Gasteiger partial charge on any atom is -0.350 e. The molecule has 8 heteroatoms. The van der Waals surface area contributed by atoms with Crippen LogP contribution in [0.3, 0.4) is 0 Å². The molecular weight excluding hydrogens is 354 g/mol. The van der Waals surface area contributed by atoms with Gasteiger partial charge in [0.05, 0.1) is 6.20 Å². The lowest BCUT2D eigenvalue weighted by Gasteiger charge is -2.15. The Morgan fingerprint density at radius 3 is 3.15 bits per heavy atom. The van der Waals surface area contributed by atoms with Gasteiger partial charge >= 0.3 is 0 Å². The Bertz CT molecular complexity index is 933. The molecule has 4 rings (SSSR count). The maximum absolute atomic E-state index is 12.4. The van der Waals surface area contributed by atoms with Crippen LogP contribution < -0.4 is 5.32 Å². The number of rotatable bonds is 5. The normalized spacial score (nSPS) is 13.4. The van der Waals surface area contributed by atoms with E-state index < -0.39 is 0 Å². The minimum atomic E-state index is -0.125. The third-order valence-electron chi connectivity index (χ3n) is 4.38. The smallest absolute Gasteiger partial charge is 0.269 e. The average Bonchev–Trinajstić information content (AvgIpc) is 3.29. The van der Waals surface area contributed by atoms with Crippen molar-refractivity contribution < 1.29 is 9.32 Å². The van der Waals surface area contributed by atoms with Gasteiger partial charge in [0.15, 0.2) is 0 Å². The van der Waals surface area contributed by atoms with Gasteiger partial charge in [0.1, 0.15) is 11.5 Å². The van der Waals surface area contributed by atoms with Crippen LogP contribution in [0.25, 0.3) is 11.4 Å². The number of hydrogen-bond donors (Lipinski definition) is 1. The molecule has 1 amide bonds. The number of aromatic nitrogens is 4. The molecule has 26 heavy (non-hydrogen) atoms. The summed E-state index contributed by atoms with van der Waals surface area (Å²) in [6, 6.07) is 7.27. The van der Waals surface area contributed by atoms with Crippen LogP contribution in [0.2, 0.25) is 5.02 Å². The van der Waals surface area contributed by atoms with E-state index in [1.807, 2.05) is 16.7 Å². The second-order valence-corrected chi connectivity index (χ2v) is 6.63. The van der Waals surface area contributed by atoms with Crippen molar-refractivity contribution in [3.8, 4) is 11.4 Å². The topological polar surface area (TPSA) is 85.8 Å². The van der Waals surface area contributed by atoms with Gasteiger partial charge in [-0.1, -0.05) is 28.9 Å². The largest absolute Gasteiger partial charge is 0.350 e. The molecule has 0 saturated carbocycles. The van der Waals surface area contributed by atoms with E-state index in [-0.39, 0.29) is 5.91 Å². The molecule has 0 bridgehead atoms. The quantitative estimate of drug-likeness (QED) is 0.745. The van der Waals surface area contributed by atoms with Crippen molar-refractivity contribution in [1.82, 2.24) is 25.0 Å². The van der Waals surface area contributed by atoms with Gasteiger partial charge in [0.2, 0.25) is 11.7 Å². The molecule has 1 aliphatic rings. The van der Waals surface area contributed by atoms with Crippen molar-refractivity contribution in [2.45, 2.75) is 32.2 Å². The minimum absolute atomic E-state index is 0.125. The third-order valence-corrected chi connectivity index (χ3v) is 4.61. The Hall–Kier alpha value is -2.67. The molecule has 0 aliphatic carbocycles. The Balaban J connectivity index is 1.35. The van der Waals surface area contributed by atoms with E-state index >= 15 is 0 Å². The summed E-state index contributed by atoms with van der Waals surface area (Å²) in [5, 5.41) is 7.47. The number of imidazole rings is 1. The molecule has 1 N–H and O–H groups in total. The SMILES string of the molecule is O=C(NCCc1nc(-c2cccc(Cl)c2)no1)c1cnc2n1CCCC2. The van der Waals surface area contributed by atoms with Gasteiger partial charge in [-0.05, 0) is 25.0 Å². The van der Waals surface area contributed by atoms with Crippen LogP contribution in [0.1, 0.15) is 35.0 Å². The van der Waals surface area contributed by atoms with Gasteiger partial charge in [0.25, 0.3) is 5.91 Å². The molecule has 0 fully saturated rings. The summed E-state index contributed by atoms with van der Waals surface area (Å²) in [5.41, 5.74) is 1.41. The first-order valence-corrected chi connectivity index (χ1v) is 8.99. The number of fused-ring (bicyclic) bond motifs is 1. The van der Waals surface area contributed by atoms with E-state index in [9.17, 15) is 4.79 Å². The van der Waals surface area contributed by atoms with Crippen LogP contribution in [0, 0.1) is 0 Å². The van der Waals surface area contributed by atoms with Gasteiger partial charge < -0.3 is 14.4 Å². The molecule has 3 aromatic rings. The monoisotopic (exact) mass is 371 g/mol. The summed E-state index contributed by atoms with van der Waals surface area (Å²) >= 11 is 5.98. The number of carbonyl (C=O) groups excluding carboxylic acids is 1. The second-order valence-electron chi connectivity index (χ2n) is 6.20. The number of amides is 1. The van der Waals surface area contributed by atoms with Crippen LogP contribution in [-0.4, -0.2) is 32.1 Å². The predicted molar refractivity (Wildman–Crippen MR) is 95.9 cm³/mol. The van der Waals surface area contributed by atoms with Crippen molar-refractivity contribution in [2.75, 3.05) is 6.54 Å². The fraction of sp³-hybridized carbons (Fsp3) is 0.333. The lowest BCUT2D eigenvalue weighted by Crippen LogP contribution is -2.29. The summed E-state index contributed by atoms with van der Waals surface area (Å²) in [6.07, 6.45) is 5.25. The predicted octanol–water partition coefficient (Wildman–Crippen LogP) is 2.90. The van der Waals surface area contributed by atoms with Crippen molar-refractivity contribution >= 4 is 17.5 Å². The second kappa shape index (κ2) is 7.29. The molecular formula is C18H18ClN5O2. The van der Waals surface area contributed by atoms with E-state index in [4.69, 9.17) is 16.1 Å². The summed E-state index contributed by atoms with van der Waals surface area (Å²) in [6.45, 7) is 1.27. The number of nitrogens with one attached hydrogen (secondary N) is 1. The van der Waals surface area contributed by atoms with Gasteiger partial charge in [-0.2, -0.15) is 4.98 Å². The van der Waals surface area contributed by atoms with Crippen molar-refractivity contribution in [1.29, 1.82) is 0 Å². The molecule has 0 saturated heterocycles. The number of aryl methyl sites for hydroxylation is 1. The van der Waals surface area contributed by atoms with Gasteiger partial charge in [-0.25, -0.2) is 4.98 Å². The highest BCUT2D eigenvalue weighted by molar-refractivity contribution is 6.30. The molecule has 2 aromatic heterocycles. The zero-order valence-electron chi connectivity index (χ0n) is 14.1. The highest BCUT2D eigenvalue weighted by Gasteiger charge is 2.18. The first kappa shape index (κ1) is 16.8. The van der Waals surface area contributed by atoms with Crippen LogP contribution in [0.15, 0.2) is 35.0 Å². The molecule has 7 nitrogen and oxygen atoms in total. The van der Waals surface area contributed by atoms with E-state index in [2.05, 4.69) is 20.4 Å².